The standard InChI is InChI=1S/C16H14ClN3.ClH/c17-13-6-2-1-5-12(13)11-20-15-8-4-3-7-14(15)19-10-9-18-16(19)20;/h1-8H,9-11H2;1H. The second kappa shape index (κ2) is 5.58. The number of para-hydroxylation sites is 2. The van der Waals surface area contributed by atoms with Gasteiger partial charge in [-0.3, -0.25) is 5.32 Å². The van der Waals surface area contributed by atoms with Gasteiger partial charge in [-0.25, -0.2) is 9.13 Å². The molecule has 1 aromatic heterocycles. The summed E-state index contributed by atoms with van der Waals surface area (Å²) in [6.07, 6.45) is 0. The van der Waals surface area contributed by atoms with Gasteiger partial charge in [0, 0.05) is 10.6 Å². The van der Waals surface area contributed by atoms with Gasteiger partial charge >= 0.3 is 5.95 Å². The SMILES string of the molecule is Clc1ccccc1Cn1c2[n+](c3ccccc31)CCN2.[Cl-]. The number of hydrogen-bond acceptors (Lipinski definition) is 1. The third-order valence-corrected chi connectivity index (χ3v) is 4.25. The lowest BCUT2D eigenvalue weighted by atomic mass is 10.2. The van der Waals surface area contributed by atoms with Gasteiger partial charge in [0.15, 0.2) is 0 Å². The molecule has 0 spiro atoms. The Morgan fingerprint density at radius 3 is 2.71 bits per heavy atom. The van der Waals surface area contributed by atoms with Crippen molar-refractivity contribution < 1.29 is 17.0 Å². The Morgan fingerprint density at radius 2 is 1.86 bits per heavy atom. The van der Waals surface area contributed by atoms with Gasteiger partial charge in [0.1, 0.15) is 17.6 Å². The summed E-state index contributed by atoms with van der Waals surface area (Å²) in [5, 5.41) is 4.30. The number of benzene rings is 2. The molecule has 0 aliphatic carbocycles. The maximum Gasteiger partial charge on any atom is 0.358 e. The molecule has 0 saturated heterocycles. The number of nitrogens with one attached hydrogen (secondary N) is 1. The van der Waals surface area contributed by atoms with Crippen LogP contribution in [0.3, 0.4) is 0 Å². The van der Waals surface area contributed by atoms with Crippen LogP contribution >= 0.6 is 11.6 Å². The molecule has 1 aliphatic heterocycles. The van der Waals surface area contributed by atoms with Crippen molar-refractivity contribution in [1.29, 1.82) is 0 Å². The minimum atomic E-state index is 0. The smallest absolute Gasteiger partial charge is 0.358 e. The highest BCUT2D eigenvalue weighted by Crippen LogP contribution is 2.24. The number of rotatable bonds is 2. The molecule has 0 atom stereocenters. The van der Waals surface area contributed by atoms with Crippen molar-refractivity contribution in [3.05, 3.63) is 59.1 Å². The molecule has 0 saturated carbocycles. The highest BCUT2D eigenvalue weighted by molar-refractivity contribution is 6.31. The summed E-state index contributed by atoms with van der Waals surface area (Å²) in [7, 11) is 0. The number of anilines is 1. The summed E-state index contributed by atoms with van der Waals surface area (Å²) in [6, 6.07) is 16.6. The van der Waals surface area contributed by atoms with E-state index in [9.17, 15) is 0 Å². The van der Waals surface area contributed by atoms with Crippen molar-refractivity contribution in [3.8, 4) is 0 Å². The van der Waals surface area contributed by atoms with Crippen LogP contribution in [0.2, 0.25) is 5.02 Å². The molecular weight excluding hydrogens is 305 g/mol. The van der Waals surface area contributed by atoms with Crippen LogP contribution in [0.25, 0.3) is 11.0 Å². The summed E-state index contributed by atoms with van der Waals surface area (Å²) in [5.41, 5.74) is 3.67. The molecule has 0 fully saturated rings. The van der Waals surface area contributed by atoms with Crippen LogP contribution in [0.5, 0.6) is 0 Å². The van der Waals surface area contributed by atoms with Crippen LogP contribution < -0.4 is 22.3 Å². The average molecular weight is 320 g/mol. The highest BCUT2D eigenvalue weighted by atomic mass is 35.5. The van der Waals surface area contributed by atoms with E-state index in [1.807, 2.05) is 18.2 Å². The predicted octanol–water partition coefficient (Wildman–Crippen LogP) is 0.0600. The van der Waals surface area contributed by atoms with Crippen LogP contribution in [0, 0.1) is 0 Å². The fourth-order valence-corrected chi connectivity index (χ4v) is 3.14. The largest absolute Gasteiger partial charge is 1.00 e. The van der Waals surface area contributed by atoms with E-state index in [0.29, 0.717) is 0 Å². The second-order valence-corrected chi connectivity index (χ2v) is 5.48. The van der Waals surface area contributed by atoms with E-state index in [1.165, 1.54) is 17.0 Å². The molecule has 3 aromatic rings. The van der Waals surface area contributed by atoms with Gasteiger partial charge in [-0.2, -0.15) is 0 Å². The number of imidazole rings is 1. The molecule has 0 bridgehead atoms. The zero-order valence-corrected chi connectivity index (χ0v) is 12.9. The summed E-state index contributed by atoms with van der Waals surface area (Å²) < 4.78 is 4.65. The predicted molar refractivity (Wildman–Crippen MR) is 81.2 cm³/mol. The molecule has 21 heavy (non-hydrogen) atoms. The van der Waals surface area contributed by atoms with Crippen LogP contribution in [0.15, 0.2) is 48.5 Å². The van der Waals surface area contributed by atoms with E-state index in [-0.39, 0.29) is 12.4 Å². The first kappa shape index (κ1) is 14.2. The highest BCUT2D eigenvalue weighted by Gasteiger charge is 2.27. The normalized spacial score (nSPS) is 12.8. The van der Waals surface area contributed by atoms with E-state index >= 15 is 0 Å². The summed E-state index contributed by atoms with van der Waals surface area (Å²) >= 11 is 6.30. The quantitative estimate of drug-likeness (QED) is 0.663. The maximum absolute atomic E-state index is 6.30. The molecular formula is C16H15Cl2N3. The first-order valence-corrected chi connectivity index (χ1v) is 7.21. The third-order valence-electron chi connectivity index (χ3n) is 3.88. The Kier molecular flexibility index (Phi) is 3.79. The third kappa shape index (κ3) is 2.27. The maximum atomic E-state index is 6.30. The van der Waals surface area contributed by atoms with Gasteiger partial charge in [-0.15, -0.1) is 0 Å². The Morgan fingerprint density at radius 1 is 1.10 bits per heavy atom. The Bertz CT molecular complexity index is 795. The molecule has 0 unspecified atom stereocenters. The van der Waals surface area contributed by atoms with Crippen molar-refractivity contribution in [2.75, 3.05) is 11.9 Å². The lowest BCUT2D eigenvalue weighted by Gasteiger charge is -2.04. The van der Waals surface area contributed by atoms with E-state index in [2.05, 4.69) is 44.8 Å². The number of nitrogens with zero attached hydrogens (tertiary/aromatic N) is 2. The van der Waals surface area contributed by atoms with E-state index < -0.39 is 0 Å². The van der Waals surface area contributed by atoms with E-state index in [1.54, 1.807) is 0 Å². The Labute approximate surface area is 134 Å². The van der Waals surface area contributed by atoms with Gasteiger partial charge in [0.05, 0.1) is 13.1 Å². The number of halogens is 2. The van der Waals surface area contributed by atoms with Gasteiger partial charge in [-0.1, -0.05) is 41.9 Å². The summed E-state index contributed by atoms with van der Waals surface area (Å²) in [6.45, 7) is 2.80. The van der Waals surface area contributed by atoms with Crippen LogP contribution in [0.4, 0.5) is 5.95 Å². The number of aromatic nitrogens is 2. The molecule has 4 rings (SSSR count). The monoisotopic (exact) mass is 319 g/mol. The topological polar surface area (TPSA) is 20.8 Å². The molecule has 0 radical (unpaired) electrons. The molecule has 2 aromatic carbocycles. The Balaban J connectivity index is 0.00000132. The van der Waals surface area contributed by atoms with E-state index in [4.69, 9.17) is 11.6 Å². The van der Waals surface area contributed by atoms with Gasteiger partial charge < -0.3 is 12.4 Å². The molecule has 5 heteroatoms. The van der Waals surface area contributed by atoms with Crippen molar-refractivity contribution in [3.63, 3.8) is 0 Å². The first-order valence-electron chi connectivity index (χ1n) is 6.83. The van der Waals surface area contributed by atoms with Gasteiger partial charge in [-0.05, 0) is 18.2 Å². The molecule has 0 amide bonds. The molecule has 3 nitrogen and oxygen atoms in total. The first-order chi connectivity index (χ1) is 9.84. The van der Waals surface area contributed by atoms with Crippen LogP contribution in [0.1, 0.15) is 5.56 Å². The fourth-order valence-electron chi connectivity index (χ4n) is 2.95. The zero-order valence-electron chi connectivity index (χ0n) is 11.4. The minimum absolute atomic E-state index is 0. The van der Waals surface area contributed by atoms with Crippen molar-refractivity contribution in [2.45, 2.75) is 13.1 Å². The molecule has 108 valence electrons. The number of hydrogen-bond donors (Lipinski definition) is 1. The lowest BCUT2D eigenvalue weighted by Crippen LogP contribution is -3.00. The van der Waals surface area contributed by atoms with Crippen LogP contribution in [-0.2, 0) is 13.1 Å². The zero-order chi connectivity index (χ0) is 13.5. The fraction of sp³-hybridized carbons (Fsp3) is 0.188. The van der Waals surface area contributed by atoms with Gasteiger partial charge in [0.2, 0.25) is 0 Å². The van der Waals surface area contributed by atoms with Crippen molar-refractivity contribution >= 4 is 28.6 Å². The van der Waals surface area contributed by atoms with E-state index in [0.717, 1.165) is 30.2 Å². The summed E-state index contributed by atoms with van der Waals surface area (Å²) in [5.74, 6) is 1.17. The molecule has 1 aliphatic rings. The average Bonchev–Trinajstić information content (AvgIpc) is 3.04. The minimum Gasteiger partial charge on any atom is -1.00 e. The van der Waals surface area contributed by atoms with Crippen molar-refractivity contribution in [1.82, 2.24) is 4.57 Å². The summed E-state index contributed by atoms with van der Waals surface area (Å²) in [4.78, 5) is 0. The second-order valence-electron chi connectivity index (χ2n) is 5.07. The van der Waals surface area contributed by atoms with Gasteiger partial charge in [0.25, 0.3) is 0 Å². The van der Waals surface area contributed by atoms with Crippen molar-refractivity contribution in [2.24, 2.45) is 0 Å². The molecule has 1 N–H and O–H groups in total. The lowest BCUT2D eigenvalue weighted by molar-refractivity contribution is -0.644. The molecule has 2 heterocycles. The Hall–Kier alpha value is -1.71. The van der Waals surface area contributed by atoms with Crippen LogP contribution in [-0.4, -0.2) is 11.1 Å². The number of fused-ring (bicyclic) bond motifs is 3.